The molecule has 2 heterocycles. The van der Waals surface area contributed by atoms with Crippen molar-refractivity contribution in [3.05, 3.63) is 54.1 Å². The van der Waals surface area contributed by atoms with E-state index in [1.165, 1.54) is 6.42 Å². The molecule has 174 valence electrons. The van der Waals surface area contributed by atoms with E-state index in [1.807, 2.05) is 18.2 Å². The number of carbonyl (C=O) groups is 1. The van der Waals surface area contributed by atoms with Crippen molar-refractivity contribution >= 4 is 23.1 Å². The summed E-state index contributed by atoms with van der Waals surface area (Å²) in [6, 6.07) is 16.8. The Morgan fingerprint density at radius 3 is 2.59 bits per heavy atom. The first-order valence-corrected chi connectivity index (χ1v) is 11.4. The van der Waals surface area contributed by atoms with Crippen LogP contribution in [-0.2, 0) is 4.79 Å². The molecular weight excluding hydrogens is 428 g/mol. The second kappa shape index (κ2) is 10.1. The summed E-state index contributed by atoms with van der Waals surface area (Å²) < 4.78 is 0. The maximum atomic E-state index is 11.3. The average molecular weight is 457 g/mol. The van der Waals surface area contributed by atoms with Gasteiger partial charge in [0.1, 0.15) is 23.2 Å². The van der Waals surface area contributed by atoms with Gasteiger partial charge in [0.2, 0.25) is 5.91 Å². The molecule has 0 aliphatic carbocycles. The van der Waals surface area contributed by atoms with Gasteiger partial charge in [-0.2, -0.15) is 5.26 Å². The molecule has 6 N–H and O–H groups in total. The number of rotatable bonds is 7. The van der Waals surface area contributed by atoms with Crippen molar-refractivity contribution in [3.63, 3.8) is 0 Å². The molecule has 0 bridgehead atoms. The van der Waals surface area contributed by atoms with Gasteiger partial charge in [-0.15, -0.1) is 0 Å². The lowest BCUT2D eigenvalue weighted by molar-refractivity contribution is -0.117. The predicted molar refractivity (Wildman–Crippen MR) is 134 cm³/mol. The summed E-state index contributed by atoms with van der Waals surface area (Å²) in [5, 5.41) is 23.5. The molecule has 1 aliphatic rings. The van der Waals surface area contributed by atoms with E-state index in [0.717, 1.165) is 42.9 Å². The third-order valence-corrected chi connectivity index (χ3v) is 6.03. The number of pyridine rings is 1. The maximum Gasteiger partial charge on any atom is 0.219 e. The van der Waals surface area contributed by atoms with Crippen LogP contribution in [0.4, 0.5) is 17.2 Å². The number of aromatic nitrogens is 1. The van der Waals surface area contributed by atoms with Crippen LogP contribution in [0.25, 0.3) is 22.4 Å². The van der Waals surface area contributed by atoms with Gasteiger partial charge in [-0.1, -0.05) is 18.2 Å². The standard InChI is InChI=1S/C26H28N6O2/c27-16-20-19(15-21(31-26(20)29)18-6-2-3-7-24(18)33)17-8-9-23(32-12-4-1-5-13-32)22(14-17)30-11-10-25(28)34/h2-3,6-9,14-15,30,33H,1,4-5,10-13H2,(H2,28,34)(H2,29,31). The van der Waals surface area contributed by atoms with E-state index in [4.69, 9.17) is 11.5 Å². The Balaban J connectivity index is 1.80. The van der Waals surface area contributed by atoms with Gasteiger partial charge in [0.25, 0.3) is 0 Å². The molecule has 2 aromatic carbocycles. The number of phenolic OH excluding ortho intramolecular Hbond substituents is 1. The van der Waals surface area contributed by atoms with Crippen LogP contribution in [0.15, 0.2) is 48.5 Å². The van der Waals surface area contributed by atoms with Crippen molar-refractivity contribution in [2.75, 3.05) is 35.6 Å². The molecular formula is C26H28N6O2. The van der Waals surface area contributed by atoms with E-state index in [1.54, 1.807) is 30.3 Å². The highest BCUT2D eigenvalue weighted by molar-refractivity contribution is 5.85. The number of carbonyl (C=O) groups excluding carboxylic acids is 1. The number of nitrogen functional groups attached to an aromatic ring is 1. The first-order valence-electron chi connectivity index (χ1n) is 11.4. The van der Waals surface area contributed by atoms with Crippen LogP contribution < -0.4 is 21.7 Å². The van der Waals surface area contributed by atoms with E-state index < -0.39 is 0 Å². The van der Waals surface area contributed by atoms with Gasteiger partial charge in [0.05, 0.1) is 17.1 Å². The molecule has 8 nitrogen and oxygen atoms in total. The van der Waals surface area contributed by atoms with Crippen LogP contribution in [0, 0.1) is 11.3 Å². The SMILES string of the molecule is N#Cc1c(-c2ccc(N3CCCCC3)c(NCCC(N)=O)c2)cc(-c2ccccc2O)nc1N. The number of aromatic hydroxyl groups is 1. The lowest BCUT2D eigenvalue weighted by Crippen LogP contribution is -2.30. The fourth-order valence-electron chi connectivity index (χ4n) is 4.31. The molecule has 1 aliphatic heterocycles. The first kappa shape index (κ1) is 22.9. The van der Waals surface area contributed by atoms with Crippen molar-refractivity contribution in [1.29, 1.82) is 5.26 Å². The number of piperidine rings is 1. The molecule has 0 radical (unpaired) electrons. The van der Waals surface area contributed by atoms with E-state index in [-0.39, 0.29) is 29.5 Å². The Morgan fingerprint density at radius 1 is 1.12 bits per heavy atom. The number of nitriles is 1. The van der Waals surface area contributed by atoms with Crippen LogP contribution in [0.1, 0.15) is 31.2 Å². The number of hydrogen-bond acceptors (Lipinski definition) is 7. The van der Waals surface area contributed by atoms with Crippen molar-refractivity contribution in [3.8, 4) is 34.2 Å². The zero-order valence-electron chi connectivity index (χ0n) is 18.9. The predicted octanol–water partition coefficient (Wildman–Crippen LogP) is 3.85. The third kappa shape index (κ3) is 4.89. The van der Waals surface area contributed by atoms with Gasteiger partial charge in [0.15, 0.2) is 0 Å². The Bertz CT molecular complexity index is 1240. The van der Waals surface area contributed by atoms with E-state index in [2.05, 4.69) is 21.3 Å². The number of amides is 1. The van der Waals surface area contributed by atoms with E-state index in [0.29, 0.717) is 23.4 Å². The highest BCUT2D eigenvalue weighted by atomic mass is 16.3. The Morgan fingerprint density at radius 2 is 1.88 bits per heavy atom. The molecule has 1 amide bonds. The lowest BCUT2D eigenvalue weighted by atomic mass is 9.97. The van der Waals surface area contributed by atoms with Crippen LogP contribution in [0.5, 0.6) is 5.75 Å². The minimum atomic E-state index is -0.371. The minimum absolute atomic E-state index is 0.0827. The maximum absolute atomic E-state index is 11.3. The van der Waals surface area contributed by atoms with Gasteiger partial charge >= 0.3 is 0 Å². The summed E-state index contributed by atoms with van der Waals surface area (Å²) in [6.45, 7) is 2.34. The molecule has 4 rings (SSSR count). The van der Waals surface area contributed by atoms with Crippen molar-refractivity contribution in [2.45, 2.75) is 25.7 Å². The van der Waals surface area contributed by atoms with Gasteiger partial charge < -0.3 is 26.8 Å². The molecule has 0 atom stereocenters. The molecule has 34 heavy (non-hydrogen) atoms. The van der Waals surface area contributed by atoms with Crippen molar-refractivity contribution < 1.29 is 9.90 Å². The Kier molecular flexibility index (Phi) is 6.83. The molecule has 1 saturated heterocycles. The van der Waals surface area contributed by atoms with Crippen molar-refractivity contribution in [2.24, 2.45) is 5.73 Å². The van der Waals surface area contributed by atoms with Crippen LogP contribution >= 0.6 is 0 Å². The largest absolute Gasteiger partial charge is 0.507 e. The molecule has 0 unspecified atom stereocenters. The summed E-state index contributed by atoms with van der Waals surface area (Å²) in [5.41, 5.74) is 16.1. The minimum Gasteiger partial charge on any atom is -0.507 e. The number of hydrogen-bond donors (Lipinski definition) is 4. The fraction of sp³-hybridized carbons (Fsp3) is 0.269. The molecule has 0 spiro atoms. The monoisotopic (exact) mass is 456 g/mol. The van der Waals surface area contributed by atoms with Crippen LogP contribution in [0.2, 0.25) is 0 Å². The zero-order chi connectivity index (χ0) is 24.1. The summed E-state index contributed by atoms with van der Waals surface area (Å²) in [6.07, 6.45) is 3.69. The summed E-state index contributed by atoms with van der Waals surface area (Å²) in [4.78, 5) is 18.0. The van der Waals surface area contributed by atoms with Gasteiger partial charge in [-0.25, -0.2) is 4.98 Å². The zero-order valence-corrected chi connectivity index (χ0v) is 18.9. The smallest absolute Gasteiger partial charge is 0.219 e. The summed E-state index contributed by atoms with van der Waals surface area (Å²) in [7, 11) is 0. The number of primary amides is 1. The quantitative estimate of drug-likeness (QED) is 0.423. The molecule has 0 saturated carbocycles. The third-order valence-electron chi connectivity index (χ3n) is 6.03. The number of nitrogens with two attached hydrogens (primary N) is 2. The number of nitrogens with one attached hydrogen (secondary N) is 1. The fourth-order valence-corrected chi connectivity index (χ4v) is 4.31. The molecule has 8 heteroatoms. The van der Waals surface area contributed by atoms with E-state index in [9.17, 15) is 15.2 Å². The van der Waals surface area contributed by atoms with Crippen molar-refractivity contribution in [1.82, 2.24) is 4.98 Å². The van der Waals surface area contributed by atoms with Gasteiger partial charge in [-0.3, -0.25) is 4.79 Å². The van der Waals surface area contributed by atoms with E-state index >= 15 is 0 Å². The number of benzene rings is 2. The number of phenols is 1. The number of anilines is 3. The average Bonchev–Trinajstić information content (AvgIpc) is 2.84. The highest BCUT2D eigenvalue weighted by Gasteiger charge is 2.19. The number of nitrogens with zero attached hydrogens (tertiary/aromatic N) is 3. The van der Waals surface area contributed by atoms with Crippen LogP contribution in [0.3, 0.4) is 0 Å². The molecule has 3 aromatic rings. The molecule has 1 fully saturated rings. The highest BCUT2D eigenvalue weighted by Crippen LogP contribution is 2.38. The topological polar surface area (TPSA) is 141 Å². The summed E-state index contributed by atoms with van der Waals surface area (Å²) >= 11 is 0. The summed E-state index contributed by atoms with van der Waals surface area (Å²) in [5.74, 6) is -0.190. The second-order valence-electron chi connectivity index (χ2n) is 8.37. The van der Waals surface area contributed by atoms with Gasteiger partial charge in [-0.05, 0) is 55.2 Å². The first-order chi connectivity index (χ1) is 16.5. The lowest BCUT2D eigenvalue weighted by Gasteiger charge is -2.31. The second-order valence-corrected chi connectivity index (χ2v) is 8.37. The normalized spacial score (nSPS) is 13.3. The Hall–Kier alpha value is -4.25. The molecule has 1 aromatic heterocycles. The van der Waals surface area contributed by atoms with Crippen LogP contribution in [-0.4, -0.2) is 35.6 Å². The van der Waals surface area contributed by atoms with Gasteiger partial charge in [0, 0.05) is 37.2 Å². The Labute approximate surface area is 198 Å². The number of para-hydroxylation sites is 1.